The molecular formula is C16H21ClN4O2. The van der Waals surface area contributed by atoms with E-state index >= 15 is 0 Å². The lowest BCUT2D eigenvalue weighted by Gasteiger charge is -2.15. The van der Waals surface area contributed by atoms with Crippen LogP contribution in [0.4, 0.5) is 10.6 Å². The number of hydrogen-bond donors (Lipinski definition) is 3. The minimum absolute atomic E-state index is 0.0406. The van der Waals surface area contributed by atoms with E-state index in [1.807, 2.05) is 38.2 Å². The van der Waals surface area contributed by atoms with Gasteiger partial charge in [0.2, 0.25) is 0 Å². The number of para-hydroxylation sites is 1. The van der Waals surface area contributed by atoms with Crippen LogP contribution >= 0.6 is 11.6 Å². The summed E-state index contributed by atoms with van der Waals surface area (Å²) < 4.78 is 1.64. The number of nitrogens with one attached hydrogen (secondary N) is 2. The highest BCUT2D eigenvalue weighted by Crippen LogP contribution is 2.22. The zero-order valence-electron chi connectivity index (χ0n) is 13.2. The molecule has 0 aliphatic carbocycles. The molecule has 23 heavy (non-hydrogen) atoms. The molecule has 2 aromatic rings. The number of aliphatic hydroxyl groups is 1. The van der Waals surface area contributed by atoms with E-state index in [-0.39, 0.29) is 18.7 Å². The monoisotopic (exact) mass is 336 g/mol. The van der Waals surface area contributed by atoms with Gasteiger partial charge in [-0.25, -0.2) is 9.48 Å². The molecule has 3 N–H and O–H groups in total. The maximum atomic E-state index is 12.0. The summed E-state index contributed by atoms with van der Waals surface area (Å²) in [7, 11) is 0. The third-order valence-corrected chi connectivity index (χ3v) is 3.85. The number of rotatable bonds is 6. The second-order valence-corrected chi connectivity index (χ2v) is 5.68. The SMILES string of the molecule is CCC(CCO)NC(=O)Nc1nn(-c2ccccc2Cl)cc1C. The Morgan fingerprint density at radius 2 is 2.17 bits per heavy atom. The summed E-state index contributed by atoms with van der Waals surface area (Å²) in [6.07, 6.45) is 3.08. The van der Waals surface area contributed by atoms with E-state index in [9.17, 15) is 4.79 Å². The highest BCUT2D eigenvalue weighted by Gasteiger charge is 2.14. The van der Waals surface area contributed by atoms with Crippen LogP contribution in [0, 0.1) is 6.92 Å². The van der Waals surface area contributed by atoms with Gasteiger partial charge in [0.25, 0.3) is 0 Å². The number of carbonyl (C=O) groups excluding carboxylic acids is 1. The van der Waals surface area contributed by atoms with Crippen molar-refractivity contribution in [1.29, 1.82) is 0 Å². The molecule has 0 spiro atoms. The first kappa shape index (κ1) is 17.3. The number of hydrogen-bond acceptors (Lipinski definition) is 3. The van der Waals surface area contributed by atoms with Crippen molar-refractivity contribution >= 4 is 23.4 Å². The minimum Gasteiger partial charge on any atom is -0.396 e. The van der Waals surface area contributed by atoms with Gasteiger partial charge in [-0.1, -0.05) is 30.7 Å². The van der Waals surface area contributed by atoms with E-state index in [0.717, 1.165) is 17.7 Å². The molecule has 1 atom stereocenters. The Bertz CT molecular complexity index is 672. The number of aromatic nitrogens is 2. The van der Waals surface area contributed by atoms with Crippen LogP contribution < -0.4 is 10.6 Å². The summed E-state index contributed by atoms with van der Waals surface area (Å²) in [5.74, 6) is 0.473. The molecule has 0 aliphatic rings. The van der Waals surface area contributed by atoms with Gasteiger partial charge in [-0.2, -0.15) is 0 Å². The third-order valence-electron chi connectivity index (χ3n) is 3.53. The van der Waals surface area contributed by atoms with Gasteiger partial charge < -0.3 is 10.4 Å². The molecule has 0 fully saturated rings. The fourth-order valence-corrected chi connectivity index (χ4v) is 2.43. The lowest BCUT2D eigenvalue weighted by atomic mass is 10.2. The molecule has 0 radical (unpaired) electrons. The van der Waals surface area contributed by atoms with E-state index < -0.39 is 0 Å². The highest BCUT2D eigenvalue weighted by molar-refractivity contribution is 6.32. The zero-order valence-corrected chi connectivity index (χ0v) is 14.0. The number of urea groups is 1. The van der Waals surface area contributed by atoms with Crippen LogP contribution in [0.3, 0.4) is 0 Å². The molecule has 0 saturated carbocycles. The van der Waals surface area contributed by atoms with Gasteiger partial charge in [0.15, 0.2) is 5.82 Å². The maximum absolute atomic E-state index is 12.0. The topological polar surface area (TPSA) is 79.2 Å². The average Bonchev–Trinajstić information content (AvgIpc) is 2.88. The molecule has 1 aromatic heterocycles. The van der Waals surface area contributed by atoms with Gasteiger partial charge in [0, 0.05) is 24.4 Å². The largest absolute Gasteiger partial charge is 0.396 e. The number of anilines is 1. The van der Waals surface area contributed by atoms with Crippen molar-refractivity contribution in [2.24, 2.45) is 0 Å². The maximum Gasteiger partial charge on any atom is 0.320 e. The third kappa shape index (κ3) is 4.46. The van der Waals surface area contributed by atoms with E-state index in [4.69, 9.17) is 16.7 Å². The van der Waals surface area contributed by atoms with Crippen molar-refractivity contribution in [2.45, 2.75) is 32.7 Å². The predicted octanol–water partition coefficient (Wildman–Crippen LogP) is 3.12. The van der Waals surface area contributed by atoms with Crippen LogP contribution in [0.2, 0.25) is 5.02 Å². The Kier molecular flexibility index (Phi) is 6.01. The Hall–Kier alpha value is -2.05. The molecule has 0 aliphatic heterocycles. The number of benzene rings is 1. The standard InChI is InChI=1S/C16H21ClN4O2/c1-3-12(8-9-22)18-16(23)19-15-11(2)10-21(20-15)14-7-5-4-6-13(14)17/h4-7,10,12,22H,3,8-9H2,1-2H3,(H2,18,19,20,23). The van der Waals surface area contributed by atoms with Crippen LogP contribution in [0.1, 0.15) is 25.3 Å². The van der Waals surface area contributed by atoms with Gasteiger partial charge in [-0.15, -0.1) is 5.10 Å². The van der Waals surface area contributed by atoms with Crippen molar-refractivity contribution < 1.29 is 9.90 Å². The van der Waals surface area contributed by atoms with Crippen LogP contribution in [0.15, 0.2) is 30.5 Å². The second-order valence-electron chi connectivity index (χ2n) is 5.27. The van der Waals surface area contributed by atoms with Crippen molar-refractivity contribution in [3.05, 3.63) is 41.0 Å². The lowest BCUT2D eigenvalue weighted by molar-refractivity contribution is 0.237. The molecule has 2 rings (SSSR count). The van der Waals surface area contributed by atoms with Crippen LogP contribution in [-0.2, 0) is 0 Å². The Morgan fingerprint density at radius 1 is 1.43 bits per heavy atom. The minimum atomic E-state index is -0.335. The first-order chi connectivity index (χ1) is 11.0. The zero-order chi connectivity index (χ0) is 16.8. The molecule has 7 heteroatoms. The summed E-state index contributed by atoms with van der Waals surface area (Å²) in [6, 6.07) is 6.96. The second kappa shape index (κ2) is 7.99. The fraction of sp³-hybridized carbons (Fsp3) is 0.375. The number of aryl methyl sites for hydroxylation is 1. The quantitative estimate of drug-likeness (QED) is 0.758. The summed E-state index contributed by atoms with van der Waals surface area (Å²) in [5, 5.41) is 19.5. The van der Waals surface area contributed by atoms with E-state index in [1.54, 1.807) is 10.7 Å². The molecule has 6 nitrogen and oxygen atoms in total. The first-order valence-corrected chi connectivity index (χ1v) is 7.92. The summed E-state index contributed by atoms with van der Waals surface area (Å²) in [6.45, 7) is 3.86. The molecule has 1 aromatic carbocycles. The first-order valence-electron chi connectivity index (χ1n) is 7.54. The van der Waals surface area contributed by atoms with Crippen molar-refractivity contribution in [3.63, 3.8) is 0 Å². The summed E-state index contributed by atoms with van der Waals surface area (Å²) in [4.78, 5) is 12.0. The number of nitrogens with zero attached hydrogens (tertiary/aromatic N) is 2. The molecule has 1 unspecified atom stereocenters. The van der Waals surface area contributed by atoms with Crippen LogP contribution in [0.25, 0.3) is 5.69 Å². The van der Waals surface area contributed by atoms with Gasteiger partial charge >= 0.3 is 6.03 Å². The van der Waals surface area contributed by atoms with Crippen LogP contribution in [-0.4, -0.2) is 33.6 Å². The lowest BCUT2D eigenvalue weighted by Crippen LogP contribution is -2.38. The molecular weight excluding hydrogens is 316 g/mol. The molecule has 124 valence electrons. The molecule has 0 saturated heterocycles. The molecule has 2 amide bonds. The average molecular weight is 337 g/mol. The van der Waals surface area contributed by atoms with E-state index in [0.29, 0.717) is 17.3 Å². The number of amides is 2. The van der Waals surface area contributed by atoms with Gasteiger partial charge in [-0.3, -0.25) is 5.32 Å². The smallest absolute Gasteiger partial charge is 0.320 e. The summed E-state index contributed by atoms with van der Waals surface area (Å²) >= 11 is 6.16. The van der Waals surface area contributed by atoms with Gasteiger partial charge in [-0.05, 0) is 31.9 Å². The number of carbonyl (C=O) groups is 1. The van der Waals surface area contributed by atoms with Crippen molar-refractivity contribution in [1.82, 2.24) is 15.1 Å². The molecule has 1 heterocycles. The number of aliphatic hydroxyl groups excluding tert-OH is 1. The Balaban J connectivity index is 2.10. The normalized spacial score (nSPS) is 12.0. The highest BCUT2D eigenvalue weighted by atomic mass is 35.5. The van der Waals surface area contributed by atoms with E-state index in [2.05, 4.69) is 15.7 Å². The van der Waals surface area contributed by atoms with Crippen molar-refractivity contribution in [3.8, 4) is 5.69 Å². The summed E-state index contributed by atoms with van der Waals surface area (Å²) in [5.41, 5.74) is 1.58. The Morgan fingerprint density at radius 3 is 2.83 bits per heavy atom. The predicted molar refractivity (Wildman–Crippen MR) is 91.2 cm³/mol. The van der Waals surface area contributed by atoms with Gasteiger partial charge in [0.05, 0.1) is 10.7 Å². The van der Waals surface area contributed by atoms with Crippen molar-refractivity contribution in [2.75, 3.05) is 11.9 Å². The number of halogens is 1. The van der Waals surface area contributed by atoms with E-state index in [1.165, 1.54) is 0 Å². The molecule has 0 bridgehead atoms. The van der Waals surface area contributed by atoms with Gasteiger partial charge in [0.1, 0.15) is 0 Å². The Labute approximate surface area is 140 Å². The fourth-order valence-electron chi connectivity index (χ4n) is 2.21. The van der Waals surface area contributed by atoms with Crippen LogP contribution in [0.5, 0.6) is 0 Å².